The molecule has 0 radical (unpaired) electrons. The van der Waals surface area contributed by atoms with Crippen LogP contribution in [-0.4, -0.2) is 29.0 Å². The standard InChI is InChI=1S/C11H6Cl2F7NO3/c1-4(9(14,15)10(16,17)11(18,19)20)24-8-6(12)2-5(21(22)23)3-7(8)13/h2-4H,1H3. The third-order valence-electron chi connectivity index (χ3n) is 2.77. The van der Waals surface area contributed by atoms with E-state index in [2.05, 4.69) is 4.74 Å². The van der Waals surface area contributed by atoms with Crippen molar-refractivity contribution < 1.29 is 40.4 Å². The lowest BCUT2D eigenvalue weighted by Gasteiger charge is -2.32. The summed E-state index contributed by atoms with van der Waals surface area (Å²) in [6, 6.07) is 1.21. The minimum atomic E-state index is -6.53. The molecule has 0 saturated heterocycles. The molecular weight excluding hydrogens is 398 g/mol. The molecule has 4 nitrogen and oxygen atoms in total. The van der Waals surface area contributed by atoms with Crippen molar-refractivity contribution in [2.24, 2.45) is 0 Å². The lowest BCUT2D eigenvalue weighted by atomic mass is 10.1. The molecule has 0 aliphatic heterocycles. The average Bonchev–Trinajstić information content (AvgIpc) is 2.40. The molecule has 0 aromatic heterocycles. The van der Waals surface area contributed by atoms with Crippen molar-refractivity contribution in [1.82, 2.24) is 0 Å². The highest BCUT2D eigenvalue weighted by Crippen LogP contribution is 2.49. The van der Waals surface area contributed by atoms with Crippen LogP contribution in [0.5, 0.6) is 5.75 Å². The van der Waals surface area contributed by atoms with E-state index in [0.717, 1.165) is 0 Å². The second-order valence-corrected chi connectivity index (χ2v) is 5.27. The SMILES string of the molecule is CC(Oc1c(Cl)cc([N+](=O)[O-])cc1Cl)C(F)(F)C(F)(F)C(F)(F)F. The molecule has 1 aromatic carbocycles. The monoisotopic (exact) mass is 403 g/mol. The van der Waals surface area contributed by atoms with Crippen molar-refractivity contribution in [3.8, 4) is 5.75 Å². The minimum Gasteiger partial charge on any atom is -0.481 e. The smallest absolute Gasteiger partial charge is 0.460 e. The average molecular weight is 404 g/mol. The molecule has 0 heterocycles. The van der Waals surface area contributed by atoms with Gasteiger partial charge in [0.15, 0.2) is 11.9 Å². The number of nitrogens with zero attached hydrogens (tertiary/aromatic N) is 1. The molecule has 0 fully saturated rings. The maximum atomic E-state index is 13.5. The number of benzene rings is 1. The number of rotatable bonds is 5. The summed E-state index contributed by atoms with van der Waals surface area (Å²) < 4.78 is 93.4. The summed E-state index contributed by atoms with van der Waals surface area (Å²) in [5, 5.41) is 9.11. The Hall–Kier alpha value is -1.49. The fourth-order valence-corrected chi connectivity index (χ4v) is 2.02. The molecule has 13 heteroatoms. The van der Waals surface area contributed by atoms with Crippen molar-refractivity contribution >= 4 is 28.9 Å². The van der Waals surface area contributed by atoms with Crippen LogP contribution in [-0.2, 0) is 0 Å². The molecule has 1 unspecified atom stereocenters. The molecule has 136 valence electrons. The van der Waals surface area contributed by atoms with Gasteiger partial charge in [0, 0.05) is 12.1 Å². The fraction of sp³-hybridized carbons (Fsp3) is 0.455. The van der Waals surface area contributed by atoms with Crippen LogP contribution in [0, 0.1) is 10.1 Å². The van der Waals surface area contributed by atoms with Crippen LogP contribution in [0.25, 0.3) is 0 Å². The Kier molecular flexibility index (Phi) is 5.51. The molecule has 1 aromatic rings. The molecule has 0 spiro atoms. The summed E-state index contributed by atoms with van der Waals surface area (Å²) >= 11 is 11.0. The number of hydrogen-bond donors (Lipinski definition) is 0. The number of alkyl halides is 7. The van der Waals surface area contributed by atoms with Crippen LogP contribution in [0.4, 0.5) is 36.4 Å². The van der Waals surface area contributed by atoms with Crippen molar-refractivity contribution in [3.05, 3.63) is 32.3 Å². The first-order valence-electron chi connectivity index (χ1n) is 5.75. The number of halogens is 9. The summed E-state index contributed by atoms with van der Waals surface area (Å²) in [4.78, 5) is 9.60. The summed E-state index contributed by atoms with van der Waals surface area (Å²) in [6.45, 7) is 0.244. The summed E-state index contributed by atoms with van der Waals surface area (Å²) in [6.07, 6.45) is -9.54. The van der Waals surface area contributed by atoms with E-state index in [1.165, 1.54) is 0 Å². The van der Waals surface area contributed by atoms with Gasteiger partial charge in [-0.3, -0.25) is 10.1 Å². The molecule has 0 aliphatic carbocycles. The van der Waals surface area contributed by atoms with Crippen molar-refractivity contribution in [2.75, 3.05) is 0 Å². The van der Waals surface area contributed by atoms with Gasteiger partial charge in [0.05, 0.1) is 15.0 Å². The number of nitro groups is 1. The molecule has 0 saturated carbocycles. The van der Waals surface area contributed by atoms with Gasteiger partial charge in [-0.15, -0.1) is 0 Å². The van der Waals surface area contributed by atoms with Gasteiger partial charge in [0.25, 0.3) is 5.69 Å². The topological polar surface area (TPSA) is 52.4 Å². The van der Waals surface area contributed by atoms with E-state index in [1.807, 2.05) is 0 Å². The van der Waals surface area contributed by atoms with E-state index in [-0.39, 0.29) is 6.92 Å². The van der Waals surface area contributed by atoms with Gasteiger partial charge in [-0.25, -0.2) is 0 Å². The molecule has 1 atom stereocenters. The summed E-state index contributed by atoms with van der Waals surface area (Å²) in [5.41, 5.74) is -0.669. The van der Waals surface area contributed by atoms with Crippen molar-refractivity contribution in [2.45, 2.75) is 31.0 Å². The molecular formula is C11H6Cl2F7NO3. The Morgan fingerprint density at radius 3 is 1.83 bits per heavy atom. The van der Waals surface area contributed by atoms with E-state index < -0.39 is 50.5 Å². The van der Waals surface area contributed by atoms with Crippen LogP contribution in [0.15, 0.2) is 12.1 Å². The molecule has 1 rings (SSSR count). The van der Waals surface area contributed by atoms with Gasteiger partial charge in [-0.2, -0.15) is 30.7 Å². The first-order valence-corrected chi connectivity index (χ1v) is 6.51. The van der Waals surface area contributed by atoms with Crippen LogP contribution in [0.1, 0.15) is 6.92 Å². The predicted octanol–water partition coefficient (Wildman–Crippen LogP) is 5.50. The van der Waals surface area contributed by atoms with Gasteiger partial charge in [-0.05, 0) is 6.92 Å². The Morgan fingerprint density at radius 1 is 1.08 bits per heavy atom. The van der Waals surface area contributed by atoms with Gasteiger partial charge in [0.1, 0.15) is 0 Å². The van der Waals surface area contributed by atoms with Gasteiger partial charge in [-0.1, -0.05) is 23.2 Å². The highest BCUT2D eigenvalue weighted by molar-refractivity contribution is 6.37. The maximum absolute atomic E-state index is 13.5. The fourth-order valence-electron chi connectivity index (χ4n) is 1.46. The Morgan fingerprint density at radius 2 is 1.50 bits per heavy atom. The zero-order valence-electron chi connectivity index (χ0n) is 11.3. The zero-order chi connectivity index (χ0) is 19.1. The van der Waals surface area contributed by atoms with E-state index >= 15 is 0 Å². The normalized spacial score (nSPS) is 14.4. The van der Waals surface area contributed by atoms with Crippen molar-refractivity contribution in [1.29, 1.82) is 0 Å². The highest BCUT2D eigenvalue weighted by Gasteiger charge is 2.75. The first-order chi connectivity index (χ1) is 10.6. The lowest BCUT2D eigenvalue weighted by Crippen LogP contribution is -2.58. The molecule has 0 N–H and O–H groups in total. The van der Waals surface area contributed by atoms with E-state index in [9.17, 15) is 40.8 Å². The largest absolute Gasteiger partial charge is 0.481 e. The third-order valence-corrected chi connectivity index (χ3v) is 3.34. The number of nitro benzene ring substituents is 1. The van der Waals surface area contributed by atoms with E-state index in [0.29, 0.717) is 12.1 Å². The van der Waals surface area contributed by atoms with Crippen molar-refractivity contribution in [3.63, 3.8) is 0 Å². The van der Waals surface area contributed by atoms with Gasteiger partial charge < -0.3 is 4.74 Å². The Balaban J connectivity index is 3.20. The molecule has 24 heavy (non-hydrogen) atoms. The lowest BCUT2D eigenvalue weighted by molar-refractivity contribution is -0.384. The molecule has 0 aliphatic rings. The Labute approximate surface area is 139 Å². The molecule has 0 bridgehead atoms. The minimum absolute atomic E-state index is 0.244. The predicted molar refractivity (Wildman–Crippen MR) is 69.2 cm³/mol. The van der Waals surface area contributed by atoms with E-state index in [1.54, 1.807) is 0 Å². The maximum Gasteiger partial charge on any atom is 0.460 e. The first kappa shape index (κ1) is 20.6. The number of non-ortho nitro benzene ring substituents is 1. The van der Waals surface area contributed by atoms with Gasteiger partial charge >= 0.3 is 18.0 Å². The number of hydrogen-bond acceptors (Lipinski definition) is 3. The highest BCUT2D eigenvalue weighted by atomic mass is 35.5. The van der Waals surface area contributed by atoms with Crippen LogP contribution in [0.3, 0.4) is 0 Å². The second kappa shape index (κ2) is 6.43. The van der Waals surface area contributed by atoms with Crippen LogP contribution in [0.2, 0.25) is 10.0 Å². The summed E-state index contributed by atoms with van der Waals surface area (Å²) in [7, 11) is 0. The third kappa shape index (κ3) is 3.61. The Bertz CT molecular complexity index is 628. The summed E-state index contributed by atoms with van der Waals surface area (Å²) in [5.74, 6) is -13.0. The second-order valence-electron chi connectivity index (χ2n) is 4.45. The quantitative estimate of drug-likeness (QED) is 0.370. The number of ether oxygens (including phenoxy) is 1. The molecule has 0 amide bonds. The van der Waals surface area contributed by atoms with E-state index in [4.69, 9.17) is 23.2 Å². The zero-order valence-corrected chi connectivity index (χ0v) is 12.8. The van der Waals surface area contributed by atoms with Crippen LogP contribution >= 0.6 is 23.2 Å². The van der Waals surface area contributed by atoms with Gasteiger partial charge in [0.2, 0.25) is 0 Å². The van der Waals surface area contributed by atoms with Crippen LogP contribution < -0.4 is 4.74 Å².